The summed E-state index contributed by atoms with van der Waals surface area (Å²) in [7, 11) is 0. The lowest BCUT2D eigenvalue weighted by Crippen LogP contribution is -2.16. The van der Waals surface area contributed by atoms with Gasteiger partial charge >= 0.3 is 5.97 Å². The Hall–Kier alpha value is -0.970. The van der Waals surface area contributed by atoms with E-state index in [1.807, 2.05) is 0 Å². The number of rotatable bonds is 11. The topological polar surface area (TPSA) is 78.8 Å². The van der Waals surface area contributed by atoms with Crippen molar-refractivity contribution in [2.45, 2.75) is 38.5 Å². The van der Waals surface area contributed by atoms with Gasteiger partial charge in [-0.05, 0) is 38.8 Å². The van der Waals surface area contributed by atoms with Crippen LogP contribution in [-0.2, 0) is 4.79 Å². The van der Waals surface area contributed by atoms with Gasteiger partial charge in [-0.25, -0.2) is 0 Å². The molecule has 0 aromatic rings. The molecular weight excluding hydrogens is 196 g/mol. The molecule has 0 aliphatic carbocycles. The molecule has 0 saturated carbocycles. The number of hydrogen-bond donors (Lipinski definition) is 2. The highest BCUT2D eigenvalue weighted by Gasteiger charge is 1.95. The Balaban J connectivity index is 2.92. The van der Waals surface area contributed by atoms with Crippen LogP contribution in [0.4, 0.5) is 0 Å². The van der Waals surface area contributed by atoms with E-state index >= 15 is 0 Å². The minimum absolute atomic E-state index is 0.257. The molecule has 0 spiro atoms. The Morgan fingerprint density at radius 3 is 2.33 bits per heavy atom. The Morgan fingerprint density at radius 2 is 1.73 bits per heavy atom. The molecule has 0 aromatic heterocycles. The molecule has 88 valence electrons. The molecule has 0 heterocycles. The van der Waals surface area contributed by atoms with Crippen molar-refractivity contribution in [2.75, 3.05) is 19.6 Å². The summed E-state index contributed by atoms with van der Waals surface area (Å²) in [6.07, 6.45) is 4.83. The number of carboxylic acids is 1. The number of carboxylic acid groups (broad SMARTS) is 1. The van der Waals surface area contributed by atoms with Crippen molar-refractivity contribution in [2.24, 2.45) is 5.18 Å². The fraction of sp³-hybridized carbons (Fsp3) is 0.900. The Kier molecular flexibility index (Phi) is 10.4. The van der Waals surface area contributed by atoms with Crippen LogP contribution in [-0.4, -0.2) is 30.7 Å². The van der Waals surface area contributed by atoms with Crippen LogP contribution in [0.25, 0.3) is 0 Å². The Bertz CT molecular complexity index is 174. The predicted molar refractivity (Wildman–Crippen MR) is 58.9 cm³/mol. The smallest absolute Gasteiger partial charge is 0.303 e. The van der Waals surface area contributed by atoms with Gasteiger partial charge < -0.3 is 10.4 Å². The zero-order chi connectivity index (χ0) is 11.4. The Labute approximate surface area is 90.2 Å². The van der Waals surface area contributed by atoms with Gasteiger partial charge in [0.25, 0.3) is 0 Å². The van der Waals surface area contributed by atoms with Gasteiger partial charge in [0.1, 0.15) is 0 Å². The van der Waals surface area contributed by atoms with Crippen molar-refractivity contribution >= 4 is 5.97 Å². The number of carbonyl (C=O) groups is 1. The van der Waals surface area contributed by atoms with Crippen molar-refractivity contribution in [3.05, 3.63) is 4.91 Å². The summed E-state index contributed by atoms with van der Waals surface area (Å²) >= 11 is 0. The van der Waals surface area contributed by atoms with E-state index < -0.39 is 5.97 Å². The normalized spacial score (nSPS) is 10.1. The fourth-order valence-corrected chi connectivity index (χ4v) is 1.25. The number of nitroso groups, excluding NO2 is 1. The second-order valence-corrected chi connectivity index (χ2v) is 3.51. The van der Waals surface area contributed by atoms with E-state index in [0.29, 0.717) is 6.54 Å². The molecule has 0 aliphatic heterocycles. The van der Waals surface area contributed by atoms with Crippen LogP contribution in [0.15, 0.2) is 5.18 Å². The molecule has 0 fully saturated rings. The molecule has 0 unspecified atom stereocenters. The summed E-state index contributed by atoms with van der Waals surface area (Å²) in [6.45, 7) is 2.23. The van der Waals surface area contributed by atoms with E-state index in [9.17, 15) is 9.70 Å². The van der Waals surface area contributed by atoms with Gasteiger partial charge in [0, 0.05) is 6.42 Å². The average molecular weight is 216 g/mol. The van der Waals surface area contributed by atoms with E-state index in [4.69, 9.17) is 5.11 Å². The van der Waals surface area contributed by atoms with E-state index in [1.165, 1.54) is 0 Å². The molecule has 0 atom stereocenters. The van der Waals surface area contributed by atoms with Crippen molar-refractivity contribution < 1.29 is 9.90 Å². The average Bonchev–Trinajstić information content (AvgIpc) is 2.20. The second kappa shape index (κ2) is 11.1. The van der Waals surface area contributed by atoms with E-state index in [0.717, 1.165) is 45.2 Å². The summed E-state index contributed by atoms with van der Waals surface area (Å²) < 4.78 is 0. The molecule has 0 aliphatic rings. The molecule has 15 heavy (non-hydrogen) atoms. The van der Waals surface area contributed by atoms with Crippen molar-refractivity contribution in [3.63, 3.8) is 0 Å². The molecule has 0 radical (unpaired) electrons. The first-order valence-electron chi connectivity index (χ1n) is 5.49. The van der Waals surface area contributed by atoms with E-state index in [1.54, 1.807) is 0 Å². The molecule has 0 bridgehead atoms. The SMILES string of the molecule is O=NCCCCCNCCCCC(=O)O. The minimum atomic E-state index is -0.726. The largest absolute Gasteiger partial charge is 0.481 e. The summed E-state index contributed by atoms with van der Waals surface area (Å²) in [5.74, 6) is -0.726. The lowest BCUT2D eigenvalue weighted by atomic mass is 10.2. The molecule has 5 nitrogen and oxygen atoms in total. The molecule has 5 heteroatoms. The maximum absolute atomic E-state index is 10.2. The van der Waals surface area contributed by atoms with E-state index in [2.05, 4.69) is 10.5 Å². The van der Waals surface area contributed by atoms with Gasteiger partial charge in [0.2, 0.25) is 0 Å². The van der Waals surface area contributed by atoms with Crippen LogP contribution < -0.4 is 5.32 Å². The monoisotopic (exact) mass is 216 g/mol. The maximum Gasteiger partial charge on any atom is 0.303 e. The standard InChI is InChI=1S/C10H20N2O3/c13-10(14)6-2-5-8-11-7-3-1-4-9-12-15/h11H,1-9H2,(H,13,14). The van der Waals surface area contributed by atoms with Crippen LogP contribution in [0.5, 0.6) is 0 Å². The summed E-state index contributed by atoms with van der Waals surface area (Å²) in [4.78, 5) is 19.9. The third kappa shape index (κ3) is 13.0. The lowest BCUT2D eigenvalue weighted by molar-refractivity contribution is -0.137. The van der Waals surface area contributed by atoms with Crippen LogP contribution in [0.2, 0.25) is 0 Å². The number of hydrogen-bond acceptors (Lipinski definition) is 4. The summed E-state index contributed by atoms with van der Waals surface area (Å²) in [5, 5.41) is 14.4. The zero-order valence-electron chi connectivity index (χ0n) is 9.07. The molecule has 0 saturated heterocycles. The summed E-state index contributed by atoms with van der Waals surface area (Å²) in [6, 6.07) is 0. The maximum atomic E-state index is 10.2. The molecule has 0 amide bonds. The van der Waals surface area contributed by atoms with Crippen LogP contribution in [0.3, 0.4) is 0 Å². The number of nitrogens with zero attached hydrogens (tertiary/aromatic N) is 1. The molecular formula is C10H20N2O3. The highest BCUT2D eigenvalue weighted by atomic mass is 16.4. The number of unbranched alkanes of at least 4 members (excludes halogenated alkanes) is 3. The van der Waals surface area contributed by atoms with Gasteiger partial charge in [0.05, 0.1) is 6.54 Å². The van der Waals surface area contributed by atoms with Crippen LogP contribution in [0, 0.1) is 4.91 Å². The van der Waals surface area contributed by atoms with Gasteiger partial charge in [-0.2, -0.15) is 4.91 Å². The van der Waals surface area contributed by atoms with Crippen LogP contribution >= 0.6 is 0 Å². The van der Waals surface area contributed by atoms with Crippen molar-refractivity contribution in [1.82, 2.24) is 5.32 Å². The Morgan fingerprint density at radius 1 is 1.07 bits per heavy atom. The third-order valence-electron chi connectivity index (χ3n) is 2.10. The van der Waals surface area contributed by atoms with Gasteiger partial charge in [-0.15, -0.1) is 0 Å². The highest BCUT2D eigenvalue weighted by Crippen LogP contribution is 1.95. The second-order valence-electron chi connectivity index (χ2n) is 3.51. The summed E-state index contributed by atoms with van der Waals surface area (Å²) in [5.41, 5.74) is 0. The van der Waals surface area contributed by atoms with Gasteiger partial charge in [-0.3, -0.25) is 4.79 Å². The quantitative estimate of drug-likeness (QED) is 0.407. The van der Waals surface area contributed by atoms with Crippen molar-refractivity contribution in [3.8, 4) is 0 Å². The first-order chi connectivity index (χ1) is 7.27. The van der Waals surface area contributed by atoms with Crippen LogP contribution in [0.1, 0.15) is 38.5 Å². The van der Waals surface area contributed by atoms with Crippen molar-refractivity contribution in [1.29, 1.82) is 0 Å². The number of nitrogens with one attached hydrogen (secondary N) is 1. The van der Waals surface area contributed by atoms with Gasteiger partial charge in [0.15, 0.2) is 0 Å². The molecule has 0 rings (SSSR count). The molecule has 0 aromatic carbocycles. The zero-order valence-corrected chi connectivity index (χ0v) is 9.07. The van der Waals surface area contributed by atoms with Gasteiger partial charge in [-0.1, -0.05) is 11.6 Å². The first-order valence-corrected chi connectivity index (χ1v) is 5.49. The fourth-order valence-electron chi connectivity index (χ4n) is 1.25. The first kappa shape index (κ1) is 14.0. The predicted octanol–water partition coefficient (Wildman–Crippen LogP) is 1.77. The molecule has 2 N–H and O–H groups in total. The lowest BCUT2D eigenvalue weighted by Gasteiger charge is -2.02. The minimum Gasteiger partial charge on any atom is -0.481 e. The van der Waals surface area contributed by atoms with E-state index in [-0.39, 0.29) is 6.42 Å². The number of aliphatic carboxylic acids is 1. The highest BCUT2D eigenvalue weighted by molar-refractivity contribution is 5.66. The third-order valence-corrected chi connectivity index (χ3v) is 2.10.